The van der Waals surface area contributed by atoms with Gasteiger partial charge < -0.3 is 5.32 Å². The molecule has 0 aliphatic rings. The Bertz CT molecular complexity index is 926. The van der Waals surface area contributed by atoms with Gasteiger partial charge in [-0.15, -0.1) is 0 Å². The molecular weight excluding hydrogens is 322 g/mol. The molecule has 0 aliphatic carbocycles. The predicted molar refractivity (Wildman–Crippen MR) is 107 cm³/mol. The number of pyridine rings is 1. The number of hydrogen-bond acceptors (Lipinski definition) is 2. The number of benzene rings is 1. The lowest BCUT2D eigenvalue weighted by Gasteiger charge is -2.16. The molecule has 2 aromatic heterocycles. The molecule has 0 bridgehead atoms. The van der Waals surface area contributed by atoms with E-state index in [0.717, 1.165) is 41.9 Å². The van der Waals surface area contributed by atoms with Crippen LogP contribution in [-0.4, -0.2) is 15.3 Å². The minimum Gasteiger partial charge on any atom is -0.320 e. The van der Waals surface area contributed by atoms with Crippen LogP contribution in [0.5, 0.6) is 0 Å². The third-order valence-corrected chi connectivity index (χ3v) is 4.89. The second-order valence-corrected chi connectivity index (χ2v) is 6.94. The quantitative estimate of drug-likeness (QED) is 0.651. The molecule has 1 N–H and O–H groups in total. The molecule has 0 radical (unpaired) electrons. The molecule has 3 aromatic rings. The molecule has 3 rings (SSSR count). The molecule has 1 atom stereocenters. The van der Waals surface area contributed by atoms with Crippen LogP contribution in [0.4, 0.5) is 5.69 Å². The number of nitrogens with one attached hydrogen (secondary N) is 1. The monoisotopic (exact) mass is 349 g/mol. The zero-order valence-corrected chi connectivity index (χ0v) is 16.0. The zero-order chi connectivity index (χ0) is 18.7. The minimum atomic E-state index is -0.0951. The Hall–Kier alpha value is -2.62. The number of nitrogens with zero attached hydrogens (tertiary/aromatic N) is 2. The van der Waals surface area contributed by atoms with Crippen molar-refractivity contribution < 1.29 is 4.79 Å². The van der Waals surface area contributed by atoms with Crippen LogP contribution in [0.25, 0.3) is 5.65 Å². The van der Waals surface area contributed by atoms with E-state index in [9.17, 15) is 4.79 Å². The van der Waals surface area contributed by atoms with Crippen LogP contribution in [-0.2, 0) is 6.42 Å². The summed E-state index contributed by atoms with van der Waals surface area (Å²) in [5.74, 6) is 0.299. The van der Waals surface area contributed by atoms with Crippen LogP contribution >= 0.6 is 0 Å². The molecule has 4 heteroatoms. The molecule has 0 saturated carbocycles. The standard InChI is InChI=1S/C22H27N3O/c1-5-9-19-21(25-14-15(3)12-13-20(25)23-19)22(26)24-18-11-8-7-10-17(18)16(4)6-2/h7-8,10-14,16H,5-6,9H2,1-4H3,(H,24,26). The summed E-state index contributed by atoms with van der Waals surface area (Å²) >= 11 is 0. The van der Waals surface area contributed by atoms with Crippen LogP contribution in [0.2, 0.25) is 0 Å². The first-order valence-corrected chi connectivity index (χ1v) is 9.43. The van der Waals surface area contributed by atoms with Crippen LogP contribution in [0.3, 0.4) is 0 Å². The molecular formula is C22H27N3O. The number of rotatable bonds is 6. The van der Waals surface area contributed by atoms with Crippen molar-refractivity contribution in [3.05, 3.63) is 65.1 Å². The molecule has 1 amide bonds. The van der Waals surface area contributed by atoms with Crippen molar-refractivity contribution in [1.29, 1.82) is 0 Å². The maximum Gasteiger partial charge on any atom is 0.274 e. The Kier molecular flexibility index (Phi) is 5.40. The fraction of sp³-hybridized carbons (Fsp3) is 0.364. The van der Waals surface area contributed by atoms with Gasteiger partial charge in [-0.05, 0) is 48.9 Å². The van der Waals surface area contributed by atoms with Gasteiger partial charge in [-0.1, -0.05) is 51.5 Å². The van der Waals surface area contributed by atoms with Crippen LogP contribution in [0, 0.1) is 6.92 Å². The first-order valence-electron chi connectivity index (χ1n) is 9.43. The molecule has 2 heterocycles. The summed E-state index contributed by atoms with van der Waals surface area (Å²) in [5.41, 5.74) is 5.48. The number of carbonyl (C=O) groups is 1. The van der Waals surface area contributed by atoms with Crippen molar-refractivity contribution >= 4 is 17.2 Å². The molecule has 136 valence electrons. The van der Waals surface area contributed by atoms with Gasteiger partial charge in [-0.2, -0.15) is 0 Å². The predicted octanol–water partition coefficient (Wildman–Crippen LogP) is 5.36. The maximum atomic E-state index is 13.2. The van der Waals surface area contributed by atoms with Crippen LogP contribution in [0.1, 0.15) is 66.8 Å². The second kappa shape index (κ2) is 7.73. The Labute approximate surface area is 155 Å². The van der Waals surface area contributed by atoms with E-state index >= 15 is 0 Å². The SMILES string of the molecule is CCCc1nc2ccc(C)cn2c1C(=O)Nc1ccccc1C(C)CC. The maximum absolute atomic E-state index is 13.2. The number of fused-ring (bicyclic) bond motifs is 1. The summed E-state index contributed by atoms with van der Waals surface area (Å²) in [6.07, 6.45) is 4.75. The summed E-state index contributed by atoms with van der Waals surface area (Å²) < 4.78 is 1.92. The van der Waals surface area contributed by atoms with E-state index in [-0.39, 0.29) is 5.91 Å². The third kappa shape index (κ3) is 3.50. The van der Waals surface area contributed by atoms with E-state index in [1.807, 2.05) is 47.9 Å². The highest BCUT2D eigenvalue weighted by Crippen LogP contribution is 2.27. The van der Waals surface area contributed by atoms with E-state index in [0.29, 0.717) is 11.6 Å². The lowest BCUT2D eigenvalue weighted by Crippen LogP contribution is -2.18. The zero-order valence-electron chi connectivity index (χ0n) is 16.0. The summed E-state index contributed by atoms with van der Waals surface area (Å²) in [6.45, 7) is 8.48. The van der Waals surface area contributed by atoms with Gasteiger partial charge in [-0.3, -0.25) is 9.20 Å². The average Bonchev–Trinajstić information content (AvgIpc) is 2.99. The molecule has 0 aliphatic heterocycles. The summed E-state index contributed by atoms with van der Waals surface area (Å²) in [4.78, 5) is 17.9. The van der Waals surface area contributed by atoms with Crippen molar-refractivity contribution in [3.63, 3.8) is 0 Å². The third-order valence-electron chi connectivity index (χ3n) is 4.89. The van der Waals surface area contributed by atoms with Gasteiger partial charge in [0.2, 0.25) is 0 Å². The highest BCUT2D eigenvalue weighted by atomic mass is 16.2. The summed E-state index contributed by atoms with van der Waals surface area (Å²) in [7, 11) is 0. The molecule has 4 nitrogen and oxygen atoms in total. The molecule has 1 aromatic carbocycles. The Morgan fingerprint density at radius 1 is 1.19 bits per heavy atom. The van der Waals surface area contributed by atoms with Gasteiger partial charge in [0.15, 0.2) is 0 Å². The van der Waals surface area contributed by atoms with E-state index in [4.69, 9.17) is 0 Å². The number of amides is 1. The number of hydrogen-bond donors (Lipinski definition) is 1. The molecule has 1 unspecified atom stereocenters. The summed E-state index contributed by atoms with van der Waals surface area (Å²) in [5, 5.41) is 3.14. The van der Waals surface area contributed by atoms with E-state index in [2.05, 4.69) is 37.1 Å². The molecule has 0 fully saturated rings. The largest absolute Gasteiger partial charge is 0.320 e. The van der Waals surface area contributed by atoms with Crippen LogP contribution in [0.15, 0.2) is 42.6 Å². The lowest BCUT2D eigenvalue weighted by molar-refractivity contribution is 0.102. The van der Waals surface area contributed by atoms with Crippen molar-refractivity contribution in [1.82, 2.24) is 9.38 Å². The van der Waals surface area contributed by atoms with Crippen molar-refractivity contribution in [2.24, 2.45) is 0 Å². The number of imidazole rings is 1. The molecule has 0 spiro atoms. The highest BCUT2D eigenvalue weighted by Gasteiger charge is 2.20. The summed E-state index contributed by atoms with van der Waals surface area (Å²) in [6, 6.07) is 12.1. The topological polar surface area (TPSA) is 46.4 Å². The number of para-hydroxylation sites is 1. The van der Waals surface area contributed by atoms with E-state index < -0.39 is 0 Å². The van der Waals surface area contributed by atoms with E-state index in [1.54, 1.807) is 0 Å². The van der Waals surface area contributed by atoms with Gasteiger partial charge in [0.1, 0.15) is 11.3 Å². The first-order chi connectivity index (χ1) is 12.5. The van der Waals surface area contributed by atoms with Gasteiger partial charge >= 0.3 is 0 Å². The Balaban J connectivity index is 2.03. The normalized spacial score (nSPS) is 12.3. The molecule has 0 saturated heterocycles. The number of carbonyl (C=O) groups excluding carboxylic acids is 1. The lowest BCUT2D eigenvalue weighted by atomic mass is 9.97. The average molecular weight is 349 g/mol. The fourth-order valence-corrected chi connectivity index (χ4v) is 3.29. The Morgan fingerprint density at radius 3 is 2.69 bits per heavy atom. The van der Waals surface area contributed by atoms with Crippen molar-refractivity contribution in [2.45, 2.75) is 52.9 Å². The minimum absolute atomic E-state index is 0.0951. The number of anilines is 1. The highest BCUT2D eigenvalue weighted by molar-refractivity contribution is 6.05. The van der Waals surface area contributed by atoms with Crippen molar-refractivity contribution in [3.8, 4) is 0 Å². The van der Waals surface area contributed by atoms with Gasteiger partial charge in [0, 0.05) is 11.9 Å². The first kappa shape index (κ1) is 18.2. The number of aromatic nitrogens is 2. The van der Waals surface area contributed by atoms with Crippen LogP contribution < -0.4 is 5.32 Å². The Morgan fingerprint density at radius 2 is 1.96 bits per heavy atom. The van der Waals surface area contributed by atoms with Crippen molar-refractivity contribution in [2.75, 3.05) is 5.32 Å². The van der Waals surface area contributed by atoms with Gasteiger partial charge in [0.05, 0.1) is 5.69 Å². The smallest absolute Gasteiger partial charge is 0.274 e. The number of aryl methyl sites for hydroxylation is 2. The van der Waals surface area contributed by atoms with Gasteiger partial charge in [-0.25, -0.2) is 4.98 Å². The fourth-order valence-electron chi connectivity index (χ4n) is 3.29. The van der Waals surface area contributed by atoms with Gasteiger partial charge in [0.25, 0.3) is 5.91 Å². The second-order valence-electron chi connectivity index (χ2n) is 6.94. The van der Waals surface area contributed by atoms with E-state index in [1.165, 1.54) is 5.56 Å². The molecule has 26 heavy (non-hydrogen) atoms.